The van der Waals surface area contributed by atoms with E-state index in [9.17, 15) is 4.79 Å². The predicted octanol–water partition coefficient (Wildman–Crippen LogP) is 0.901. The molecule has 0 aliphatic rings. The molecule has 0 aromatic carbocycles. The third-order valence-electron chi connectivity index (χ3n) is 2.61. The summed E-state index contributed by atoms with van der Waals surface area (Å²) in [6.07, 6.45) is 3.18. The Labute approximate surface area is 98.8 Å². The molecule has 0 aromatic rings. The maximum atomic E-state index is 11.5. The molecule has 0 bridgehead atoms. The second kappa shape index (κ2) is 8.53. The maximum absolute atomic E-state index is 11.5. The number of nitrogens with one attached hydrogen (secondary N) is 2. The second-order valence-electron chi connectivity index (χ2n) is 4.98. The first kappa shape index (κ1) is 15.4. The molecule has 0 spiro atoms. The van der Waals surface area contributed by atoms with Crippen molar-refractivity contribution in [1.82, 2.24) is 10.6 Å². The van der Waals surface area contributed by atoms with E-state index in [1.54, 1.807) is 0 Å². The topological polar surface area (TPSA) is 61.4 Å². The van der Waals surface area contributed by atoms with Gasteiger partial charge in [-0.15, -0.1) is 0 Å². The molecule has 0 fully saturated rings. The van der Waals surface area contributed by atoms with Gasteiger partial charge in [-0.3, -0.25) is 4.79 Å². The van der Waals surface area contributed by atoms with E-state index in [-0.39, 0.29) is 17.9 Å². The number of hydrogen-bond donors (Lipinski definition) is 3. The minimum Gasteiger partial charge on any atom is -0.396 e. The molecule has 4 heteroatoms. The van der Waals surface area contributed by atoms with Gasteiger partial charge in [0.2, 0.25) is 5.91 Å². The Morgan fingerprint density at radius 3 is 2.56 bits per heavy atom. The lowest BCUT2D eigenvalue weighted by molar-refractivity contribution is -0.121. The van der Waals surface area contributed by atoms with E-state index in [0.717, 1.165) is 25.8 Å². The van der Waals surface area contributed by atoms with Crippen LogP contribution in [-0.2, 0) is 4.79 Å². The van der Waals surface area contributed by atoms with Crippen LogP contribution < -0.4 is 10.6 Å². The van der Waals surface area contributed by atoms with Crippen LogP contribution in [0.3, 0.4) is 0 Å². The zero-order valence-electron chi connectivity index (χ0n) is 10.8. The molecule has 0 heterocycles. The summed E-state index contributed by atoms with van der Waals surface area (Å²) < 4.78 is 0. The summed E-state index contributed by atoms with van der Waals surface area (Å²) in [7, 11) is 1.88. The largest absolute Gasteiger partial charge is 0.396 e. The van der Waals surface area contributed by atoms with Crippen LogP contribution in [-0.4, -0.2) is 37.8 Å². The van der Waals surface area contributed by atoms with Crippen LogP contribution >= 0.6 is 0 Å². The summed E-state index contributed by atoms with van der Waals surface area (Å²) in [5.74, 6) is 0.118. The minimum absolute atomic E-state index is 0.0708. The van der Waals surface area contributed by atoms with Crippen molar-refractivity contribution < 1.29 is 9.90 Å². The van der Waals surface area contributed by atoms with Crippen LogP contribution in [0.5, 0.6) is 0 Å². The number of carbonyl (C=O) groups is 1. The average Bonchev–Trinajstić information content (AvgIpc) is 2.24. The molecular formula is C12H26N2O2. The highest BCUT2D eigenvalue weighted by molar-refractivity contribution is 5.75. The summed E-state index contributed by atoms with van der Waals surface area (Å²) in [6, 6.07) is 0. The van der Waals surface area contributed by atoms with Crippen LogP contribution in [0.2, 0.25) is 0 Å². The molecule has 16 heavy (non-hydrogen) atoms. The van der Waals surface area contributed by atoms with Gasteiger partial charge in [-0.05, 0) is 38.3 Å². The van der Waals surface area contributed by atoms with Crippen LogP contribution in [0, 0.1) is 5.41 Å². The fraction of sp³-hybridized carbons (Fsp3) is 0.917. The Balaban J connectivity index is 3.64. The Bertz CT molecular complexity index is 193. The van der Waals surface area contributed by atoms with Crippen molar-refractivity contribution in [3.63, 3.8) is 0 Å². The van der Waals surface area contributed by atoms with Crippen molar-refractivity contribution >= 4 is 5.91 Å². The summed E-state index contributed by atoms with van der Waals surface area (Å²) in [5.41, 5.74) is 0.0708. The summed E-state index contributed by atoms with van der Waals surface area (Å²) in [5, 5.41) is 14.7. The fourth-order valence-electron chi connectivity index (χ4n) is 1.50. The van der Waals surface area contributed by atoms with Gasteiger partial charge >= 0.3 is 0 Å². The number of aliphatic hydroxyl groups is 1. The number of rotatable bonds is 9. The molecule has 0 saturated carbocycles. The standard InChI is InChI=1S/C12H26N2O2/c1-12(2,7-5-9-15)10-14-11(16)6-4-8-13-3/h13,15H,4-10H2,1-3H3,(H,14,16). The van der Waals surface area contributed by atoms with E-state index in [4.69, 9.17) is 5.11 Å². The molecule has 96 valence electrons. The van der Waals surface area contributed by atoms with Crippen LogP contribution in [0.15, 0.2) is 0 Å². The van der Waals surface area contributed by atoms with Crippen molar-refractivity contribution in [2.24, 2.45) is 5.41 Å². The van der Waals surface area contributed by atoms with E-state index in [1.165, 1.54) is 0 Å². The number of hydrogen-bond acceptors (Lipinski definition) is 3. The minimum atomic E-state index is 0.0708. The molecule has 0 rings (SSSR count). The lowest BCUT2D eigenvalue weighted by Gasteiger charge is -2.24. The molecular weight excluding hydrogens is 204 g/mol. The molecule has 1 amide bonds. The molecule has 0 radical (unpaired) electrons. The first-order chi connectivity index (χ1) is 7.52. The van der Waals surface area contributed by atoms with Gasteiger partial charge < -0.3 is 15.7 Å². The first-order valence-electron chi connectivity index (χ1n) is 6.04. The highest BCUT2D eigenvalue weighted by atomic mass is 16.2. The molecule has 0 unspecified atom stereocenters. The van der Waals surface area contributed by atoms with Gasteiger partial charge in [-0.25, -0.2) is 0 Å². The fourth-order valence-corrected chi connectivity index (χ4v) is 1.50. The SMILES string of the molecule is CNCCCC(=O)NCC(C)(C)CCCO. The Hall–Kier alpha value is -0.610. The van der Waals surface area contributed by atoms with E-state index in [2.05, 4.69) is 24.5 Å². The Kier molecular flexibility index (Phi) is 8.21. The molecule has 3 N–H and O–H groups in total. The normalized spacial score (nSPS) is 11.5. The van der Waals surface area contributed by atoms with Gasteiger partial charge in [0, 0.05) is 19.6 Å². The van der Waals surface area contributed by atoms with E-state index >= 15 is 0 Å². The molecule has 0 saturated heterocycles. The van der Waals surface area contributed by atoms with Gasteiger partial charge in [-0.1, -0.05) is 13.8 Å². The van der Waals surface area contributed by atoms with Gasteiger partial charge in [0.05, 0.1) is 0 Å². The van der Waals surface area contributed by atoms with Crippen molar-refractivity contribution in [2.75, 3.05) is 26.7 Å². The van der Waals surface area contributed by atoms with E-state index < -0.39 is 0 Å². The Morgan fingerprint density at radius 1 is 1.31 bits per heavy atom. The number of aliphatic hydroxyl groups excluding tert-OH is 1. The molecule has 4 nitrogen and oxygen atoms in total. The van der Waals surface area contributed by atoms with E-state index in [0.29, 0.717) is 13.0 Å². The Morgan fingerprint density at radius 2 is 2.00 bits per heavy atom. The molecule has 0 aliphatic carbocycles. The zero-order valence-corrected chi connectivity index (χ0v) is 10.8. The molecule has 0 atom stereocenters. The lowest BCUT2D eigenvalue weighted by atomic mass is 9.88. The highest BCUT2D eigenvalue weighted by Crippen LogP contribution is 2.20. The highest BCUT2D eigenvalue weighted by Gasteiger charge is 2.17. The predicted molar refractivity (Wildman–Crippen MR) is 66.3 cm³/mol. The maximum Gasteiger partial charge on any atom is 0.220 e. The third-order valence-corrected chi connectivity index (χ3v) is 2.61. The summed E-state index contributed by atoms with van der Waals surface area (Å²) >= 11 is 0. The summed E-state index contributed by atoms with van der Waals surface area (Å²) in [4.78, 5) is 11.5. The average molecular weight is 230 g/mol. The molecule has 0 aromatic heterocycles. The zero-order chi connectivity index (χ0) is 12.4. The number of carbonyl (C=O) groups excluding carboxylic acids is 1. The van der Waals surface area contributed by atoms with Crippen molar-refractivity contribution in [3.8, 4) is 0 Å². The monoisotopic (exact) mass is 230 g/mol. The quantitative estimate of drug-likeness (QED) is 0.516. The second-order valence-corrected chi connectivity index (χ2v) is 4.98. The number of amides is 1. The van der Waals surface area contributed by atoms with Crippen molar-refractivity contribution in [3.05, 3.63) is 0 Å². The lowest BCUT2D eigenvalue weighted by Crippen LogP contribution is -2.34. The van der Waals surface area contributed by atoms with Crippen LogP contribution in [0.1, 0.15) is 39.5 Å². The van der Waals surface area contributed by atoms with Gasteiger partial charge in [0.25, 0.3) is 0 Å². The van der Waals surface area contributed by atoms with Crippen molar-refractivity contribution in [2.45, 2.75) is 39.5 Å². The van der Waals surface area contributed by atoms with E-state index in [1.807, 2.05) is 7.05 Å². The van der Waals surface area contributed by atoms with Gasteiger partial charge in [0.1, 0.15) is 0 Å². The van der Waals surface area contributed by atoms with Crippen LogP contribution in [0.4, 0.5) is 0 Å². The van der Waals surface area contributed by atoms with Crippen LogP contribution in [0.25, 0.3) is 0 Å². The van der Waals surface area contributed by atoms with Gasteiger partial charge in [-0.2, -0.15) is 0 Å². The van der Waals surface area contributed by atoms with Gasteiger partial charge in [0.15, 0.2) is 0 Å². The van der Waals surface area contributed by atoms with Crippen molar-refractivity contribution in [1.29, 1.82) is 0 Å². The molecule has 0 aliphatic heterocycles. The first-order valence-corrected chi connectivity index (χ1v) is 6.04. The summed E-state index contributed by atoms with van der Waals surface area (Å²) in [6.45, 7) is 6.00. The third kappa shape index (κ3) is 8.68. The smallest absolute Gasteiger partial charge is 0.220 e.